The Hall–Kier alpha value is -1.62. The maximum absolute atomic E-state index is 13.6. The summed E-state index contributed by atoms with van der Waals surface area (Å²) >= 11 is 0. The summed E-state index contributed by atoms with van der Waals surface area (Å²) in [5.41, 5.74) is 1.11. The van der Waals surface area contributed by atoms with Gasteiger partial charge in [-0.25, -0.2) is 17.8 Å². The summed E-state index contributed by atoms with van der Waals surface area (Å²) < 4.78 is 42.0. The summed E-state index contributed by atoms with van der Waals surface area (Å²) in [6.45, 7) is 3.42. The first-order valence-electron chi connectivity index (χ1n) is 8.37. The Bertz CT molecular complexity index is 840. The summed E-state index contributed by atoms with van der Waals surface area (Å²) in [6, 6.07) is 7.83. The third-order valence-electron chi connectivity index (χ3n) is 3.58. The first-order chi connectivity index (χ1) is 12.4. The smallest absolute Gasteiger partial charge is 0.191 e. The van der Waals surface area contributed by atoms with E-state index in [9.17, 15) is 12.8 Å². The van der Waals surface area contributed by atoms with Crippen molar-refractivity contribution in [2.24, 2.45) is 4.99 Å². The van der Waals surface area contributed by atoms with Crippen LogP contribution in [-0.2, 0) is 28.6 Å². The number of furan rings is 1. The number of benzene rings is 1. The highest BCUT2D eigenvalue weighted by Gasteiger charge is 2.11. The minimum atomic E-state index is -3.21. The molecule has 2 aromatic rings. The fourth-order valence-corrected chi connectivity index (χ4v) is 3.28. The molecule has 1 heterocycles. The van der Waals surface area contributed by atoms with Crippen molar-refractivity contribution in [2.75, 3.05) is 19.3 Å². The molecule has 0 bridgehead atoms. The van der Waals surface area contributed by atoms with Gasteiger partial charge in [0.25, 0.3) is 0 Å². The summed E-state index contributed by atoms with van der Waals surface area (Å²) in [7, 11) is -3.21. The lowest BCUT2D eigenvalue weighted by Gasteiger charge is -2.12. The van der Waals surface area contributed by atoms with E-state index < -0.39 is 15.7 Å². The molecule has 0 saturated heterocycles. The third kappa shape index (κ3) is 8.74. The summed E-state index contributed by atoms with van der Waals surface area (Å²) in [6.07, 6.45) is 3.49. The molecule has 0 aliphatic carbocycles. The summed E-state index contributed by atoms with van der Waals surface area (Å²) in [5, 5.41) is 6.29. The Morgan fingerprint density at radius 2 is 2.00 bits per heavy atom. The molecule has 6 nitrogen and oxygen atoms in total. The maximum atomic E-state index is 13.6. The first-order valence-corrected chi connectivity index (χ1v) is 10.4. The highest BCUT2D eigenvalue weighted by atomic mass is 127. The van der Waals surface area contributed by atoms with Gasteiger partial charge in [0, 0.05) is 25.8 Å². The number of nitrogens with zero attached hydrogens (tertiary/aromatic N) is 1. The van der Waals surface area contributed by atoms with E-state index in [-0.39, 0.29) is 36.3 Å². The van der Waals surface area contributed by atoms with E-state index in [4.69, 9.17) is 4.42 Å². The molecular weight excluding hydrogens is 484 g/mol. The Balaban J connectivity index is 0.00000364. The monoisotopic (exact) mass is 509 g/mol. The number of hydrogen-bond donors (Lipinski definition) is 2. The Kier molecular flexibility index (Phi) is 9.78. The zero-order chi connectivity index (χ0) is 19.0. The van der Waals surface area contributed by atoms with Crippen LogP contribution in [0.25, 0.3) is 0 Å². The zero-order valence-corrected chi connectivity index (χ0v) is 18.5. The van der Waals surface area contributed by atoms with Gasteiger partial charge < -0.3 is 15.1 Å². The summed E-state index contributed by atoms with van der Waals surface area (Å²) in [4.78, 5) is 4.44. The number of guanidine groups is 1. The first kappa shape index (κ1) is 23.4. The number of rotatable bonds is 8. The van der Waals surface area contributed by atoms with Crippen LogP contribution in [-0.4, -0.2) is 33.7 Å². The normalized spacial score (nSPS) is 11.7. The van der Waals surface area contributed by atoms with E-state index in [1.165, 1.54) is 18.2 Å². The van der Waals surface area contributed by atoms with Crippen LogP contribution in [0.15, 0.2) is 46.0 Å². The zero-order valence-electron chi connectivity index (χ0n) is 15.4. The number of aliphatic imine (C=N–C) groups is 1. The second kappa shape index (κ2) is 11.3. The summed E-state index contributed by atoms with van der Waals surface area (Å²) in [5.74, 6) is 0.895. The van der Waals surface area contributed by atoms with Crippen molar-refractivity contribution < 1.29 is 17.2 Å². The highest BCUT2D eigenvalue weighted by Crippen LogP contribution is 2.15. The van der Waals surface area contributed by atoms with Crippen molar-refractivity contribution in [2.45, 2.75) is 25.6 Å². The molecule has 1 aromatic carbocycles. The highest BCUT2D eigenvalue weighted by molar-refractivity contribution is 14.0. The lowest BCUT2D eigenvalue weighted by Crippen LogP contribution is -2.38. The number of hydrogen-bond acceptors (Lipinski definition) is 4. The van der Waals surface area contributed by atoms with Gasteiger partial charge in [-0.3, -0.25) is 0 Å². The molecule has 1 aromatic heterocycles. The molecule has 0 saturated carbocycles. The van der Waals surface area contributed by atoms with Gasteiger partial charge in [-0.1, -0.05) is 6.07 Å². The van der Waals surface area contributed by atoms with Gasteiger partial charge in [-0.15, -0.1) is 24.0 Å². The van der Waals surface area contributed by atoms with E-state index in [1.54, 1.807) is 6.26 Å². The predicted molar refractivity (Wildman–Crippen MR) is 116 cm³/mol. The molecule has 0 unspecified atom stereocenters. The van der Waals surface area contributed by atoms with Crippen LogP contribution in [0.5, 0.6) is 0 Å². The lowest BCUT2D eigenvalue weighted by molar-refractivity contribution is 0.507. The molecule has 0 fully saturated rings. The van der Waals surface area contributed by atoms with Gasteiger partial charge in [0.05, 0.1) is 18.6 Å². The fourth-order valence-electron chi connectivity index (χ4n) is 2.43. The predicted octanol–water partition coefficient (Wildman–Crippen LogP) is 2.88. The number of halogens is 2. The minimum Gasteiger partial charge on any atom is -0.469 e. The SMILES string of the molecule is CCNC(=NCc1cc(F)ccc1CS(C)(=O)=O)NCCc1ccco1.I. The van der Waals surface area contributed by atoms with Crippen LogP contribution in [0.3, 0.4) is 0 Å². The van der Waals surface area contributed by atoms with E-state index in [1.807, 2.05) is 19.1 Å². The molecule has 0 amide bonds. The molecule has 0 radical (unpaired) electrons. The van der Waals surface area contributed by atoms with Crippen LogP contribution in [0.4, 0.5) is 4.39 Å². The topological polar surface area (TPSA) is 83.7 Å². The standard InChI is InChI=1S/C18H24FN3O3S.HI/c1-3-20-18(21-9-8-17-5-4-10-25-17)22-12-15-11-16(19)7-6-14(15)13-26(2,23)24;/h4-7,10-11H,3,8-9,12-13H2,1-2H3,(H2,20,21,22);1H. The van der Waals surface area contributed by atoms with Crippen molar-refractivity contribution in [1.29, 1.82) is 0 Å². The van der Waals surface area contributed by atoms with Crippen molar-refractivity contribution in [3.63, 3.8) is 0 Å². The maximum Gasteiger partial charge on any atom is 0.191 e. The van der Waals surface area contributed by atoms with Gasteiger partial charge in [-0.05, 0) is 42.3 Å². The van der Waals surface area contributed by atoms with E-state index >= 15 is 0 Å². The molecule has 0 spiro atoms. The van der Waals surface area contributed by atoms with Gasteiger partial charge in [0.15, 0.2) is 15.8 Å². The van der Waals surface area contributed by atoms with Crippen LogP contribution in [0.2, 0.25) is 0 Å². The molecule has 9 heteroatoms. The molecule has 0 atom stereocenters. The van der Waals surface area contributed by atoms with Gasteiger partial charge in [0.2, 0.25) is 0 Å². The molecule has 2 rings (SSSR count). The van der Waals surface area contributed by atoms with Crippen molar-refractivity contribution in [1.82, 2.24) is 10.6 Å². The largest absolute Gasteiger partial charge is 0.469 e. The Morgan fingerprint density at radius 3 is 2.63 bits per heavy atom. The van der Waals surface area contributed by atoms with E-state index in [2.05, 4.69) is 15.6 Å². The Labute approximate surface area is 176 Å². The van der Waals surface area contributed by atoms with Crippen LogP contribution >= 0.6 is 24.0 Å². The lowest BCUT2D eigenvalue weighted by atomic mass is 10.1. The number of nitrogens with one attached hydrogen (secondary N) is 2. The van der Waals surface area contributed by atoms with Crippen LogP contribution in [0, 0.1) is 5.82 Å². The second-order valence-electron chi connectivity index (χ2n) is 5.93. The van der Waals surface area contributed by atoms with Crippen molar-refractivity contribution in [3.05, 3.63) is 59.3 Å². The molecule has 0 aliphatic heterocycles. The van der Waals surface area contributed by atoms with Gasteiger partial charge in [-0.2, -0.15) is 0 Å². The second-order valence-corrected chi connectivity index (χ2v) is 8.07. The van der Waals surface area contributed by atoms with Crippen LogP contribution < -0.4 is 10.6 Å². The third-order valence-corrected chi connectivity index (χ3v) is 4.42. The minimum absolute atomic E-state index is 0. The molecule has 150 valence electrons. The van der Waals surface area contributed by atoms with Gasteiger partial charge in [0.1, 0.15) is 11.6 Å². The van der Waals surface area contributed by atoms with Crippen molar-refractivity contribution in [3.8, 4) is 0 Å². The average molecular weight is 509 g/mol. The quantitative estimate of drug-likeness (QED) is 0.325. The van der Waals surface area contributed by atoms with E-state index in [0.29, 0.717) is 36.6 Å². The van der Waals surface area contributed by atoms with Crippen molar-refractivity contribution >= 4 is 39.8 Å². The molecule has 2 N–H and O–H groups in total. The van der Waals surface area contributed by atoms with Crippen LogP contribution in [0.1, 0.15) is 23.8 Å². The van der Waals surface area contributed by atoms with E-state index in [0.717, 1.165) is 12.0 Å². The molecule has 27 heavy (non-hydrogen) atoms. The average Bonchev–Trinajstić information content (AvgIpc) is 3.07. The Morgan fingerprint density at radius 1 is 1.22 bits per heavy atom. The fraction of sp³-hybridized carbons (Fsp3) is 0.389. The number of sulfone groups is 1. The molecular formula is C18H25FIN3O3S. The molecule has 0 aliphatic rings. The van der Waals surface area contributed by atoms with Gasteiger partial charge >= 0.3 is 0 Å².